The first-order valence-corrected chi connectivity index (χ1v) is 3.33. The van der Waals surface area contributed by atoms with E-state index >= 15 is 0 Å². The quantitative estimate of drug-likeness (QED) is 0.290. The molecule has 0 aliphatic heterocycles. The average Bonchev–Trinajstić information content (AvgIpc) is 2.12. The predicted molar refractivity (Wildman–Crippen MR) is 37.2 cm³/mol. The van der Waals surface area contributed by atoms with Gasteiger partial charge in [0.2, 0.25) is 0 Å². The molecule has 0 aliphatic rings. The Balaban J connectivity index is 4.07. The molecular formula is C6H12O6. The molecule has 6 heteroatoms. The van der Waals surface area contributed by atoms with Crippen LogP contribution >= 0.6 is 0 Å². The van der Waals surface area contributed by atoms with Crippen LogP contribution < -0.4 is 0 Å². The maximum atomic E-state index is 9.90. The lowest BCUT2D eigenvalue weighted by Gasteiger charge is -2.22. The van der Waals surface area contributed by atoms with Gasteiger partial charge in [-0.1, -0.05) is 0 Å². The van der Waals surface area contributed by atoms with Crippen LogP contribution in [0.5, 0.6) is 0 Å². The molecule has 4 atom stereocenters. The zero-order chi connectivity index (χ0) is 9.72. The summed E-state index contributed by atoms with van der Waals surface area (Å²) < 4.78 is 0. The number of rotatable bonds is 5. The summed E-state index contributed by atoms with van der Waals surface area (Å²) in [5.41, 5.74) is 0. The highest BCUT2D eigenvalue weighted by atomic mass is 16.9. The molecule has 0 aromatic carbocycles. The number of carbonyl (C=O) groups is 1. The molecule has 12 heavy (non-hydrogen) atoms. The van der Waals surface area contributed by atoms with Gasteiger partial charge in [-0.2, -0.15) is 0 Å². The summed E-state index contributed by atoms with van der Waals surface area (Å²) in [5, 5.41) is 43.5. The van der Waals surface area contributed by atoms with E-state index in [4.69, 9.17) is 25.5 Å². The fourth-order valence-corrected chi connectivity index (χ4v) is 0.618. The Morgan fingerprint density at radius 1 is 1.08 bits per heavy atom. The van der Waals surface area contributed by atoms with E-state index in [1.807, 2.05) is 0 Å². The molecule has 6 nitrogen and oxygen atoms in total. The molecule has 0 heterocycles. The maximum absolute atomic E-state index is 9.90. The molecule has 72 valence electrons. The second-order valence-electron chi connectivity index (χ2n) is 2.36. The monoisotopic (exact) mass is 192 g/mol. The molecule has 0 rings (SSSR count). The predicted octanol–water partition coefficient (Wildman–Crippen LogP) is -3.38. The van der Waals surface area contributed by atoms with Crippen LogP contribution in [0.25, 0.3) is 0 Å². The molecule has 0 bridgehead atoms. The molecule has 0 saturated carbocycles. The Morgan fingerprint density at radius 2 is 1.58 bits per heavy atom. The normalized spacial score (nSPS) is 21.1. The molecule has 0 aromatic rings. The fraction of sp³-hybridized carbons (Fsp3) is 0.833. The van der Waals surface area contributed by atoms with Gasteiger partial charge in [0.1, 0.15) is 24.4 Å². The molecule has 0 fully saturated rings. The van der Waals surface area contributed by atoms with E-state index in [1.165, 1.54) is 0 Å². The average molecular weight is 192 g/mol. The van der Waals surface area contributed by atoms with Crippen molar-refractivity contribution >= 4 is 6.29 Å². The van der Waals surface area contributed by atoms with Gasteiger partial charge in [-0.15, -0.1) is 0 Å². The zero-order valence-corrected chi connectivity index (χ0v) is 6.24. The Hall–Kier alpha value is -0.530. The van der Waals surface area contributed by atoms with Crippen molar-refractivity contribution in [3.05, 3.63) is 0 Å². The minimum absolute atomic E-state index is 0.0258. The fourth-order valence-electron chi connectivity index (χ4n) is 0.618. The lowest BCUT2D eigenvalue weighted by molar-refractivity contribution is -0.136. The van der Waals surface area contributed by atoms with Crippen molar-refractivity contribution in [1.82, 2.24) is 0 Å². The highest BCUT2D eigenvalue weighted by Gasteiger charge is 2.29. The summed E-state index contributed by atoms with van der Waals surface area (Å²) in [5.74, 6) is 0. The second kappa shape index (κ2) is 5.18. The summed E-state index contributed by atoms with van der Waals surface area (Å²) >= 11 is 0. The summed E-state index contributed by atoms with van der Waals surface area (Å²) in [4.78, 5) is 9.90. The Kier molecular flexibility index (Phi) is 4.95. The van der Waals surface area contributed by atoms with Crippen molar-refractivity contribution in [1.29, 1.82) is 0 Å². The Labute approximate surface area is 68.7 Å². The van der Waals surface area contributed by atoms with E-state index in [-0.39, 0.29) is 6.29 Å². The van der Waals surface area contributed by atoms with E-state index in [9.17, 15) is 4.79 Å². The summed E-state index contributed by atoms with van der Waals surface area (Å²) in [6.07, 6.45) is -6.84. The van der Waals surface area contributed by atoms with Crippen LogP contribution in [-0.4, -0.2) is 62.8 Å². The minimum atomic E-state index is -1.79. The first kappa shape index (κ1) is 11.5. The number of hydrogen-bond donors (Lipinski definition) is 5. The molecule has 0 amide bonds. The topological polar surface area (TPSA) is 118 Å². The van der Waals surface area contributed by atoms with Gasteiger partial charge in [0.05, 0.1) is 6.61 Å². The molecule has 0 aliphatic carbocycles. The number of aliphatic hydroxyl groups is 5. The number of carbonyl (C=O) groups excluding carboxylic acids is 1. The molecule has 0 spiro atoms. The third-order valence-corrected chi connectivity index (χ3v) is 1.42. The van der Waals surface area contributed by atoms with E-state index in [2.05, 4.69) is 0 Å². The van der Waals surface area contributed by atoms with Crippen LogP contribution in [0, 0.1) is 0 Å². The maximum Gasteiger partial charge on any atom is 0.151 e. The number of aliphatic hydroxyl groups excluding tert-OH is 5. The number of aldehydes is 1. The van der Waals surface area contributed by atoms with Gasteiger partial charge in [-0.3, -0.25) is 0 Å². The highest BCUT2D eigenvalue weighted by molar-refractivity contribution is 5.56. The van der Waals surface area contributed by atoms with Crippen molar-refractivity contribution < 1.29 is 30.3 Å². The lowest BCUT2D eigenvalue weighted by Crippen LogP contribution is -2.46. The van der Waals surface area contributed by atoms with Gasteiger partial charge in [-0.05, 0) is 0 Å². The third kappa shape index (κ3) is 2.84. The third-order valence-electron chi connectivity index (χ3n) is 1.42. The summed E-state index contributed by atoms with van der Waals surface area (Å²) in [6.45, 7) is -0.760. The zero-order valence-electron chi connectivity index (χ0n) is 6.24. The molecule has 0 unspecified atom stereocenters. The highest BCUT2D eigenvalue weighted by Crippen LogP contribution is 2.02. The van der Waals surface area contributed by atoms with Gasteiger partial charge in [0, 0.05) is 0 Å². The Bertz CT molecular complexity index is 138. The molecule has 0 radical (unpaired) electrons. The molecular weight excluding hydrogens is 180 g/mol. The Morgan fingerprint density at radius 3 is 1.92 bits per heavy atom. The smallest absolute Gasteiger partial charge is 0.151 e. The largest absolute Gasteiger partial charge is 0.394 e. The summed E-state index contributed by atoms with van der Waals surface area (Å²) in [6, 6.07) is 0. The van der Waals surface area contributed by atoms with Crippen molar-refractivity contribution in [2.24, 2.45) is 0 Å². The van der Waals surface area contributed by atoms with E-state index < -0.39 is 31.0 Å². The van der Waals surface area contributed by atoms with Crippen molar-refractivity contribution in [2.75, 3.05) is 6.61 Å². The molecule has 5 N–H and O–H groups in total. The van der Waals surface area contributed by atoms with Crippen molar-refractivity contribution in [3.8, 4) is 0 Å². The van der Waals surface area contributed by atoms with E-state index in [0.717, 1.165) is 0 Å². The van der Waals surface area contributed by atoms with Crippen molar-refractivity contribution in [3.63, 3.8) is 0 Å². The van der Waals surface area contributed by atoms with Gasteiger partial charge in [0.15, 0.2) is 6.29 Å². The SMILES string of the molecule is O=[14CH][14C@H](O)[14C@@H](O)[14C@H](O)[14C@H](O)[14CH2]O. The van der Waals surface area contributed by atoms with E-state index in [0.29, 0.717) is 0 Å². The molecule has 0 saturated heterocycles. The van der Waals surface area contributed by atoms with Crippen molar-refractivity contribution in [2.45, 2.75) is 24.4 Å². The van der Waals surface area contributed by atoms with Gasteiger partial charge in [-0.25, -0.2) is 0 Å². The summed E-state index contributed by atoms with van der Waals surface area (Å²) in [7, 11) is 0. The first-order chi connectivity index (χ1) is 5.54. The first-order valence-electron chi connectivity index (χ1n) is 3.33. The van der Waals surface area contributed by atoms with Crippen LogP contribution in [0.15, 0.2) is 0 Å². The minimum Gasteiger partial charge on any atom is -0.394 e. The standard InChI is InChI=1S/C6H12O6/c7-1-3(9)5(11)6(12)4(10)2-8/h1,3-6,8-12H,2H2/t3-,4+,5+,6+/m0/s1/i1+2,2+2,3+2,4+2,5+2,6+2. The van der Waals surface area contributed by atoms with Crippen LogP contribution in [0.1, 0.15) is 0 Å². The number of hydrogen-bond acceptors (Lipinski definition) is 6. The van der Waals surface area contributed by atoms with Gasteiger partial charge >= 0.3 is 0 Å². The van der Waals surface area contributed by atoms with Crippen LogP contribution in [0.3, 0.4) is 0 Å². The van der Waals surface area contributed by atoms with Crippen LogP contribution in [-0.2, 0) is 4.79 Å². The second-order valence-corrected chi connectivity index (χ2v) is 2.36. The lowest BCUT2D eigenvalue weighted by atomic mass is 12.0. The van der Waals surface area contributed by atoms with Gasteiger partial charge < -0.3 is 30.3 Å². The van der Waals surface area contributed by atoms with E-state index in [1.54, 1.807) is 0 Å². The van der Waals surface area contributed by atoms with Crippen LogP contribution in [0.4, 0.5) is 0 Å². The molecule has 0 aromatic heterocycles. The van der Waals surface area contributed by atoms with Gasteiger partial charge in [0.25, 0.3) is 0 Å². The van der Waals surface area contributed by atoms with Crippen LogP contribution in [0.2, 0.25) is 0 Å².